The van der Waals surface area contributed by atoms with Crippen LogP contribution >= 0.6 is 0 Å². The number of hydrogen-bond acceptors (Lipinski definition) is 1. The molecule has 1 nitrogen and oxygen atoms in total. The normalized spacial score (nSPS) is 11.7. The Kier molecular flexibility index (Phi) is 3.85. The van der Waals surface area contributed by atoms with Crippen LogP contribution in [0.25, 0.3) is 11.1 Å². The lowest BCUT2D eigenvalue weighted by Crippen LogP contribution is -2.09. The van der Waals surface area contributed by atoms with Gasteiger partial charge < -0.3 is 5.11 Å². The van der Waals surface area contributed by atoms with Gasteiger partial charge in [-0.2, -0.15) is 0 Å². The van der Waals surface area contributed by atoms with Crippen molar-refractivity contribution in [2.24, 2.45) is 5.41 Å². The van der Waals surface area contributed by atoms with E-state index in [9.17, 15) is 9.50 Å². The van der Waals surface area contributed by atoms with Crippen LogP contribution in [0.3, 0.4) is 0 Å². The van der Waals surface area contributed by atoms with Gasteiger partial charge in [0.1, 0.15) is 11.6 Å². The lowest BCUT2D eigenvalue weighted by atomic mass is 9.86. The Morgan fingerprint density at radius 2 is 1.70 bits per heavy atom. The molecule has 0 aliphatic heterocycles. The number of phenols is 1. The number of aryl methyl sites for hydroxylation is 1. The Hall–Kier alpha value is -1.83. The minimum Gasteiger partial charge on any atom is -0.507 e. The SMILES string of the molecule is Cc1ccc(F)cc1-c1cc(CC(C)(C)C)ccc1O. The molecule has 2 aromatic carbocycles. The maximum atomic E-state index is 13.5. The maximum Gasteiger partial charge on any atom is 0.123 e. The van der Waals surface area contributed by atoms with Crippen LogP contribution in [0.4, 0.5) is 4.39 Å². The van der Waals surface area contributed by atoms with Crippen LogP contribution in [0.2, 0.25) is 0 Å². The van der Waals surface area contributed by atoms with Crippen molar-refractivity contribution in [3.05, 3.63) is 53.3 Å². The molecule has 0 unspecified atom stereocenters. The molecule has 2 aromatic rings. The van der Waals surface area contributed by atoms with E-state index in [1.54, 1.807) is 12.1 Å². The Morgan fingerprint density at radius 1 is 1.00 bits per heavy atom. The highest BCUT2D eigenvalue weighted by atomic mass is 19.1. The molecule has 0 aromatic heterocycles. The first kappa shape index (κ1) is 14.6. The van der Waals surface area contributed by atoms with E-state index in [-0.39, 0.29) is 17.0 Å². The summed E-state index contributed by atoms with van der Waals surface area (Å²) in [6.45, 7) is 8.44. The summed E-state index contributed by atoms with van der Waals surface area (Å²) in [5.74, 6) is -0.0948. The van der Waals surface area contributed by atoms with Gasteiger partial charge >= 0.3 is 0 Å². The van der Waals surface area contributed by atoms with Gasteiger partial charge in [0.25, 0.3) is 0 Å². The fourth-order valence-electron chi connectivity index (χ4n) is 2.41. The van der Waals surface area contributed by atoms with Gasteiger partial charge in [0, 0.05) is 5.56 Å². The van der Waals surface area contributed by atoms with E-state index < -0.39 is 0 Å². The molecule has 0 amide bonds. The highest BCUT2D eigenvalue weighted by molar-refractivity contribution is 5.73. The van der Waals surface area contributed by atoms with E-state index in [1.807, 2.05) is 19.1 Å². The number of halogens is 1. The Labute approximate surface area is 120 Å². The van der Waals surface area contributed by atoms with Gasteiger partial charge in [-0.25, -0.2) is 4.39 Å². The smallest absolute Gasteiger partial charge is 0.123 e. The molecule has 0 aliphatic rings. The maximum absolute atomic E-state index is 13.5. The van der Waals surface area contributed by atoms with Crippen molar-refractivity contribution in [1.82, 2.24) is 0 Å². The molecule has 2 rings (SSSR count). The lowest BCUT2D eigenvalue weighted by molar-refractivity contribution is 0.410. The number of phenolic OH excluding ortho intramolecular Hbond substituents is 1. The van der Waals surface area contributed by atoms with E-state index in [4.69, 9.17) is 0 Å². The molecule has 0 fully saturated rings. The number of rotatable bonds is 2. The highest BCUT2D eigenvalue weighted by Crippen LogP contribution is 2.34. The standard InChI is InChI=1S/C18H21FO/c1-12-5-7-14(19)10-15(12)16-9-13(6-8-17(16)20)11-18(2,3)4/h5-10,20H,11H2,1-4H3. The van der Waals surface area contributed by atoms with Crippen LogP contribution in [-0.2, 0) is 6.42 Å². The Bertz CT molecular complexity index is 624. The summed E-state index contributed by atoms with van der Waals surface area (Å²) in [6, 6.07) is 10.2. The van der Waals surface area contributed by atoms with E-state index in [2.05, 4.69) is 20.8 Å². The fourth-order valence-corrected chi connectivity index (χ4v) is 2.41. The summed E-state index contributed by atoms with van der Waals surface area (Å²) in [7, 11) is 0. The first-order valence-corrected chi connectivity index (χ1v) is 6.85. The zero-order valence-corrected chi connectivity index (χ0v) is 12.5. The van der Waals surface area contributed by atoms with E-state index in [1.165, 1.54) is 12.1 Å². The van der Waals surface area contributed by atoms with Crippen molar-refractivity contribution in [2.75, 3.05) is 0 Å². The third kappa shape index (κ3) is 3.38. The van der Waals surface area contributed by atoms with Gasteiger partial charge in [-0.3, -0.25) is 0 Å². The summed E-state index contributed by atoms with van der Waals surface area (Å²) >= 11 is 0. The average Bonchev–Trinajstić information content (AvgIpc) is 2.33. The van der Waals surface area contributed by atoms with Crippen LogP contribution in [0, 0.1) is 18.2 Å². The quantitative estimate of drug-likeness (QED) is 0.806. The monoisotopic (exact) mass is 272 g/mol. The van der Waals surface area contributed by atoms with Crippen molar-refractivity contribution < 1.29 is 9.50 Å². The van der Waals surface area contributed by atoms with Crippen LogP contribution in [0.1, 0.15) is 31.9 Å². The molecule has 0 heterocycles. The molecular formula is C18H21FO. The largest absolute Gasteiger partial charge is 0.507 e. The number of hydrogen-bond donors (Lipinski definition) is 1. The summed E-state index contributed by atoms with van der Waals surface area (Å²) in [5.41, 5.74) is 3.72. The first-order valence-electron chi connectivity index (χ1n) is 6.85. The fraction of sp³-hybridized carbons (Fsp3) is 0.333. The van der Waals surface area contributed by atoms with Crippen molar-refractivity contribution >= 4 is 0 Å². The van der Waals surface area contributed by atoms with Crippen molar-refractivity contribution in [3.63, 3.8) is 0 Å². The van der Waals surface area contributed by atoms with Crippen LogP contribution in [0.5, 0.6) is 5.75 Å². The molecule has 0 saturated carbocycles. The summed E-state index contributed by atoms with van der Waals surface area (Å²) in [6.07, 6.45) is 0.911. The van der Waals surface area contributed by atoms with E-state index in [0.29, 0.717) is 5.56 Å². The number of aromatic hydroxyl groups is 1. The topological polar surface area (TPSA) is 20.2 Å². The van der Waals surface area contributed by atoms with Gasteiger partial charge in [-0.1, -0.05) is 32.9 Å². The molecule has 0 spiro atoms. The summed E-state index contributed by atoms with van der Waals surface area (Å²) < 4.78 is 13.5. The van der Waals surface area contributed by atoms with Crippen LogP contribution in [-0.4, -0.2) is 5.11 Å². The van der Waals surface area contributed by atoms with Crippen molar-refractivity contribution in [3.8, 4) is 16.9 Å². The lowest BCUT2D eigenvalue weighted by Gasteiger charge is -2.19. The molecule has 0 saturated heterocycles. The molecule has 20 heavy (non-hydrogen) atoms. The van der Waals surface area contributed by atoms with E-state index in [0.717, 1.165) is 23.1 Å². The molecule has 0 atom stereocenters. The van der Waals surface area contributed by atoms with Crippen molar-refractivity contribution in [2.45, 2.75) is 34.1 Å². The predicted molar refractivity (Wildman–Crippen MR) is 81.4 cm³/mol. The molecule has 106 valence electrons. The van der Waals surface area contributed by atoms with Crippen LogP contribution < -0.4 is 0 Å². The third-order valence-corrected chi connectivity index (χ3v) is 3.29. The third-order valence-electron chi connectivity index (χ3n) is 3.29. The summed E-state index contributed by atoms with van der Waals surface area (Å²) in [4.78, 5) is 0. The highest BCUT2D eigenvalue weighted by Gasteiger charge is 2.14. The first-order chi connectivity index (χ1) is 9.26. The van der Waals surface area contributed by atoms with Crippen LogP contribution in [0.15, 0.2) is 36.4 Å². The predicted octanol–water partition coefficient (Wildman–Crippen LogP) is 5.10. The number of benzene rings is 2. The second kappa shape index (κ2) is 5.28. The Balaban J connectivity index is 2.50. The molecule has 0 radical (unpaired) electrons. The van der Waals surface area contributed by atoms with Gasteiger partial charge in [-0.05, 0) is 59.7 Å². The molecular weight excluding hydrogens is 251 g/mol. The zero-order valence-electron chi connectivity index (χ0n) is 12.5. The Morgan fingerprint density at radius 3 is 2.35 bits per heavy atom. The van der Waals surface area contributed by atoms with Gasteiger partial charge in [0.05, 0.1) is 0 Å². The molecule has 0 bridgehead atoms. The minimum absolute atomic E-state index is 0.172. The second-order valence-electron chi connectivity index (χ2n) is 6.55. The van der Waals surface area contributed by atoms with Crippen molar-refractivity contribution in [1.29, 1.82) is 0 Å². The molecule has 1 N–H and O–H groups in total. The van der Waals surface area contributed by atoms with Gasteiger partial charge in [0.2, 0.25) is 0 Å². The zero-order chi connectivity index (χ0) is 14.9. The average molecular weight is 272 g/mol. The summed E-state index contributed by atoms with van der Waals surface area (Å²) in [5, 5.41) is 10.1. The minimum atomic E-state index is -0.286. The van der Waals surface area contributed by atoms with Gasteiger partial charge in [0.15, 0.2) is 0 Å². The van der Waals surface area contributed by atoms with E-state index >= 15 is 0 Å². The molecule has 0 aliphatic carbocycles. The second-order valence-corrected chi connectivity index (χ2v) is 6.55. The molecule has 2 heteroatoms. The van der Waals surface area contributed by atoms with Gasteiger partial charge in [-0.15, -0.1) is 0 Å².